The number of guanidine groups is 1. The van der Waals surface area contributed by atoms with Crippen LogP contribution in [-0.2, 0) is 6.42 Å². The summed E-state index contributed by atoms with van der Waals surface area (Å²) >= 11 is 0. The number of nitrogens with zero attached hydrogens (tertiary/aromatic N) is 2. The van der Waals surface area contributed by atoms with Crippen molar-refractivity contribution in [2.45, 2.75) is 12.5 Å². The summed E-state index contributed by atoms with van der Waals surface area (Å²) in [6.45, 7) is 1.74. The van der Waals surface area contributed by atoms with E-state index in [1.165, 1.54) is 11.6 Å². The minimum Gasteiger partial charge on any atom is -0.488 e. The third-order valence-electron chi connectivity index (χ3n) is 4.27. The number of benzene rings is 2. The number of ether oxygens (including phenoxy) is 1. The van der Waals surface area contributed by atoms with Crippen LogP contribution in [0.3, 0.4) is 0 Å². The van der Waals surface area contributed by atoms with Crippen LogP contribution in [0.15, 0.2) is 53.5 Å². The Balaban J connectivity index is 0.00000280. The van der Waals surface area contributed by atoms with E-state index in [2.05, 4.69) is 27.0 Å². The number of para-hydroxylation sites is 3. The van der Waals surface area contributed by atoms with Crippen molar-refractivity contribution in [2.75, 3.05) is 32.0 Å². The standard InChI is InChI=1S/C19H23N5O3.HI/c1-20-19(23-13-15-12-14-6-2-5-9-18(14)27-15)22-11-10-21-16-7-3-4-8-17(16)24(25)26;/h2-9,15,21H,10-13H2,1H3,(H2,20,22,23);1H. The third-order valence-corrected chi connectivity index (χ3v) is 4.27. The number of rotatable bonds is 7. The smallest absolute Gasteiger partial charge is 0.292 e. The molecule has 8 nitrogen and oxygen atoms in total. The molecule has 2 aromatic carbocycles. The number of halogens is 1. The van der Waals surface area contributed by atoms with E-state index in [0.717, 1.165) is 12.2 Å². The van der Waals surface area contributed by atoms with Crippen LogP contribution < -0.4 is 20.7 Å². The first-order chi connectivity index (χ1) is 13.2. The van der Waals surface area contributed by atoms with Crippen molar-refractivity contribution >= 4 is 41.3 Å². The molecule has 150 valence electrons. The van der Waals surface area contributed by atoms with Crippen LogP contribution in [0, 0.1) is 10.1 Å². The molecule has 3 N–H and O–H groups in total. The molecule has 0 spiro atoms. The average molecular weight is 497 g/mol. The van der Waals surface area contributed by atoms with Crippen LogP contribution in [0.4, 0.5) is 11.4 Å². The molecule has 0 bridgehead atoms. The van der Waals surface area contributed by atoms with Crippen molar-refractivity contribution in [3.63, 3.8) is 0 Å². The number of nitrogens with one attached hydrogen (secondary N) is 3. The van der Waals surface area contributed by atoms with Gasteiger partial charge >= 0.3 is 0 Å². The Hall–Kier alpha value is -2.56. The summed E-state index contributed by atoms with van der Waals surface area (Å²) < 4.78 is 5.90. The fraction of sp³-hybridized carbons (Fsp3) is 0.316. The zero-order valence-electron chi connectivity index (χ0n) is 15.6. The molecule has 0 aliphatic carbocycles. The number of fused-ring (bicyclic) bond motifs is 1. The second-order valence-corrected chi connectivity index (χ2v) is 6.13. The molecule has 1 aliphatic heterocycles. The zero-order chi connectivity index (χ0) is 19.1. The van der Waals surface area contributed by atoms with Gasteiger partial charge in [-0.05, 0) is 17.7 Å². The average Bonchev–Trinajstić information content (AvgIpc) is 3.10. The molecule has 0 saturated carbocycles. The fourth-order valence-corrected chi connectivity index (χ4v) is 2.96. The van der Waals surface area contributed by atoms with Crippen LogP contribution >= 0.6 is 24.0 Å². The van der Waals surface area contributed by atoms with E-state index in [4.69, 9.17) is 4.74 Å². The molecule has 0 amide bonds. The predicted molar refractivity (Wildman–Crippen MR) is 121 cm³/mol. The van der Waals surface area contributed by atoms with E-state index in [9.17, 15) is 10.1 Å². The van der Waals surface area contributed by atoms with Gasteiger partial charge in [-0.3, -0.25) is 15.1 Å². The summed E-state index contributed by atoms with van der Waals surface area (Å²) in [6.07, 6.45) is 0.949. The molecular weight excluding hydrogens is 473 g/mol. The van der Waals surface area contributed by atoms with Crippen LogP contribution in [0.1, 0.15) is 5.56 Å². The molecule has 2 aromatic rings. The number of aliphatic imine (C=N–C) groups is 1. The first-order valence-corrected chi connectivity index (χ1v) is 8.83. The van der Waals surface area contributed by atoms with Crippen molar-refractivity contribution in [3.8, 4) is 5.75 Å². The van der Waals surface area contributed by atoms with Crippen LogP contribution in [0.5, 0.6) is 5.75 Å². The lowest BCUT2D eigenvalue weighted by Crippen LogP contribution is -2.43. The number of hydrogen-bond acceptors (Lipinski definition) is 5. The minimum atomic E-state index is -0.393. The Labute approximate surface area is 180 Å². The van der Waals surface area contributed by atoms with Crippen LogP contribution in [0.25, 0.3) is 0 Å². The number of nitro benzene ring substituents is 1. The molecule has 1 aliphatic rings. The van der Waals surface area contributed by atoms with Gasteiger partial charge in [-0.1, -0.05) is 30.3 Å². The lowest BCUT2D eigenvalue weighted by molar-refractivity contribution is -0.384. The van der Waals surface area contributed by atoms with E-state index in [1.807, 2.05) is 18.2 Å². The van der Waals surface area contributed by atoms with Gasteiger partial charge in [-0.25, -0.2) is 0 Å². The molecule has 1 atom stereocenters. The van der Waals surface area contributed by atoms with Gasteiger partial charge in [0, 0.05) is 32.6 Å². The molecule has 28 heavy (non-hydrogen) atoms. The molecular formula is C19H24IN5O3. The Morgan fingerprint density at radius 3 is 2.68 bits per heavy atom. The first-order valence-electron chi connectivity index (χ1n) is 8.83. The lowest BCUT2D eigenvalue weighted by atomic mass is 10.1. The summed E-state index contributed by atoms with van der Waals surface area (Å²) in [5.74, 6) is 1.61. The van der Waals surface area contributed by atoms with Crippen molar-refractivity contribution in [1.29, 1.82) is 0 Å². The topological polar surface area (TPSA) is 101 Å². The number of anilines is 1. The second kappa shape index (κ2) is 10.7. The zero-order valence-corrected chi connectivity index (χ0v) is 17.9. The highest BCUT2D eigenvalue weighted by molar-refractivity contribution is 14.0. The first kappa shape index (κ1) is 21.7. The van der Waals surface area contributed by atoms with Crippen LogP contribution in [-0.4, -0.2) is 43.7 Å². The van der Waals surface area contributed by atoms with Crippen molar-refractivity contribution < 1.29 is 9.66 Å². The summed E-state index contributed by atoms with van der Waals surface area (Å²) in [5.41, 5.74) is 1.79. The van der Waals surface area contributed by atoms with Gasteiger partial charge < -0.3 is 20.7 Å². The maximum atomic E-state index is 11.0. The van der Waals surface area contributed by atoms with Gasteiger partial charge in [0.1, 0.15) is 17.5 Å². The molecule has 0 radical (unpaired) electrons. The molecule has 9 heteroatoms. The van der Waals surface area contributed by atoms with E-state index in [0.29, 0.717) is 31.3 Å². The minimum absolute atomic E-state index is 0. The lowest BCUT2D eigenvalue weighted by Gasteiger charge is -2.16. The largest absolute Gasteiger partial charge is 0.488 e. The highest BCUT2D eigenvalue weighted by Crippen LogP contribution is 2.27. The summed E-state index contributed by atoms with van der Waals surface area (Å²) in [4.78, 5) is 14.8. The van der Waals surface area contributed by atoms with Crippen LogP contribution in [0.2, 0.25) is 0 Å². The van der Waals surface area contributed by atoms with Gasteiger partial charge in [0.25, 0.3) is 5.69 Å². The molecule has 0 aromatic heterocycles. The molecule has 1 unspecified atom stereocenters. The highest BCUT2D eigenvalue weighted by Gasteiger charge is 2.22. The van der Waals surface area contributed by atoms with Gasteiger partial charge in [0.05, 0.1) is 11.5 Å². The summed E-state index contributed by atoms with van der Waals surface area (Å²) in [7, 11) is 1.70. The Morgan fingerprint density at radius 2 is 1.93 bits per heavy atom. The van der Waals surface area contributed by atoms with Crippen molar-refractivity contribution in [2.24, 2.45) is 4.99 Å². The van der Waals surface area contributed by atoms with Gasteiger partial charge in [-0.2, -0.15) is 0 Å². The van der Waals surface area contributed by atoms with Gasteiger partial charge in [0.2, 0.25) is 0 Å². The highest BCUT2D eigenvalue weighted by atomic mass is 127. The van der Waals surface area contributed by atoms with Crippen molar-refractivity contribution in [3.05, 3.63) is 64.2 Å². The maximum absolute atomic E-state index is 11.0. The van der Waals surface area contributed by atoms with E-state index in [-0.39, 0.29) is 35.8 Å². The summed E-state index contributed by atoms with van der Waals surface area (Å²) in [5, 5.41) is 20.5. The number of hydrogen-bond donors (Lipinski definition) is 3. The van der Waals surface area contributed by atoms with E-state index >= 15 is 0 Å². The molecule has 3 rings (SSSR count). The Kier molecular flexibility index (Phi) is 8.30. The fourth-order valence-electron chi connectivity index (χ4n) is 2.96. The van der Waals surface area contributed by atoms with Gasteiger partial charge in [-0.15, -0.1) is 24.0 Å². The van der Waals surface area contributed by atoms with E-state index in [1.54, 1.807) is 25.2 Å². The Bertz CT molecular complexity index is 806. The van der Waals surface area contributed by atoms with Gasteiger partial charge in [0.15, 0.2) is 5.96 Å². The molecule has 1 heterocycles. The molecule has 0 fully saturated rings. The SMILES string of the molecule is CN=C(NCCNc1ccccc1[N+](=O)[O-])NCC1Cc2ccccc2O1.I. The second-order valence-electron chi connectivity index (χ2n) is 6.13. The number of nitro groups is 1. The Morgan fingerprint density at radius 1 is 1.18 bits per heavy atom. The third kappa shape index (κ3) is 5.72. The predicted octanol–water partition coefficient (Wildman–Crippen LogP) is 2.79. The quantitative estimate of drug-likeness (QED) is 0.136. The maximum Gasteiger partial charge on any atom is 0.292 e. The molecule has 0 saturated heterocycles. The normalized spacial score (nSPS) is 15.0. The van der Waals surface area contributed by atoms with E-state index < -0.39 is 4.92 Å². The summed E-state index contributed by atoms with van der Waals surface area (Å²) in [6, 6.07) is 14.6. The monoisotopic (exact) mass is 497 g/mol. The van der Waals surface area contributed by atoms with Crippen molar-refractivity contribution in [1.82, 2.24) is 10.6 Å².